The molecule has 1 saturated heterocycles. The molecule has 0 radical (unpaired) electrons. The largest absolute Gasteiger partial charge is 0.313 e. The number of nitrogens with zero attached hydrogens (tertiary/aromatic N) is 3. The molecule has 17 heavy (non-hydrogen) atoms. The van der Waals surface area contributed by atoms with Crippen LogP contribution in [0.4, 0.5) is 0 Å². The molecule has 4 nitrogen and oxygen atoms in total. The van der Waals surface area contributed by atoms with E-state index in [4.69, 9.17) is 0 Å². The highest BCUT2D eigenvalue weighted by Crippen LogP contribution is 2.26. The number of nitrogens with one attached hydrogen (secondary N) is 1. The molecular formula is C12H22N4S. The third kappa shape index (κ3) is 3.22. The summed E-state index contributed by atoms with van der Waals surface area (Å²) in [4.78, 5) is 4.41. The standard InChI is InChI=1S/C12H22N4S/c1-3-5-16-12(14-9-15-16)6-10-7-17-8-11(10)13-4-2/h9-11,13H,3-8H2,1-2H3. The molecule has 1 aromatic heterocycles. The maximum atomic E-state index is 4.41. The number of thioether (sulfide) groups is 1. The molecule has 0 aromatic carbocycles. The summed E-state index contributed by atoms with van der Waals surface area (Å²) in [5.41, 5.74) is 0. The van der Waals surface area contributed by atoms with Crippen molar-refractivity contribution in [2.75, 3.05) is 18.1 Å². The molecule has 2 unspecified atom stereocenters. The first-order valence-corrected chi connectivity index (χ1v) is 7.68. The summed E-state index contributed by atoms with van der Waals surface area (Å²) in [5, 5.41) is 7.88. The van der Waals surface area contributed by atoms with E-state index in [0.717, 1.165) is 31.8 Å². The molecule has 0 saturated carbocycles. The molecule has 0 aliphatic carbocycles. The van der Waals surface area contributed by atoms with Crippen molar-refractivity contribution in [3.05, 3.63) is 12.2 Å². The van der Waals surface area contributed by atoms with Crippen LogP contribution in [0.25, 0.3) is 0 Å². The van der Waals surface area contributed by atoms with Gasteiger partial charge in [0.15, 0.2) is 0 Å². The van der Waals surface area contributed by atoms with Crippen LogP contribution in [-0.2, 0) is 13.0 Å². The second kappa shape index (κ2) is 6.40. The minimum atomic E-state index is 0.650. The lowest BCUT2D eigenvalue weighted by molar-refractivity contribution is 0.415. The lowest BCUT2D eigenvalue weighted by Gasteiger charge is -2.19. The van der Waals surface area contributed by atoms with Crippen LogP contribution < -0.4 is 5.32 Å². The van der Waals surface area contributed by atoms with Crippen molar-refractivity contribution in [3.8, 4) is 0 Å². The Balaban J connectivity index is 1.97. The fourth-order valence-electron chi connectivity index (χ4n) is 2.37. The number of aryl methyl sites for hydroxylation is 1. The number of hydrogen-bond donors (Lipinski definition) is 1. The fraction of sp³-hybridized carbons (Fsp3) is 0.833. The topological polar surface area (TPSA) is 42.7 Å². The van der Waals surface area contributed by atoms with Crippen LogP contribution in [0.15, 0.2) is 6.33 Å². The molecule has 2 heterocycles. The molecule has 1 aliphatic heterocycles. The van der Waals surface area contributed by atoms with E-state index in [1.54, 1.807) is 6.33 Å². The van der Waals surface area contributed by atoms with Gasteiger partial charge < -0.3 is 5.32 Å². The van der Waals surface area contributed by atoms with Crippen LogP contribution in [0.1, 0.15) is 26.1 Å². The maximum absolute atomic E-state index is 4.41. The van der Waals surface area contributed by atoms with Crippen molar-refractivity contribution in [1.82, 2.24) is 20.1 Å². The smallest absolute Gasteiger partial charge is 0.138 e. The third-order valence-electron chi connectivity index (χ3n) is 3.24. The Labute approximate surface area is 108 Å². The first-order chi connectivity index (χ1) is 8.35. The van der Waals surface area contributed by atoms with Gasteiger partial charge in [-0.15, -0.1) is 0 Å². The SMILES string of the molecule is CCCn1ncnc1CC1CSCC1NCC. The predicted octanol–water partition coefficient (Wildman–Crippen LogP) is 1.57. The third-order valence-corrected chi connectivity index (χ3v) is 4.50. The Morgan fingerprint density at radius 3 is 3.12 bits per heavy atom. The minimum absolute atomic E-state index is 0.650. The number of hydrogen-bond acceptors (Lipinski definition) is 4. The monoisotopic (exact) mass is 254 g/mol. The molecule has 0 bridgehead atoms. The summed E-state index contributed by atoms with van der Waals surface area (Å²) in [6.07, 6.45) is 3.87. The van der Waals surface area contributed by atoms with Crippen LogP contribution in [0, 0.1) is 5.92 Å². The van der Waals surface area contributed by atoms with Crippen molar-refractivity contribution in [2.45, 2.75) is 39.3 Å². The summed E-state index contributed by atoms with van der Waals surface area (Å²) in [6.45, 7) is 6.41. The second-order valence-corrected chi connectivity index (χ2v) is 5.64. The van der Waals surface area contributed by atoms with E-state index < -0.39 is 0 Å². The Hall–Kier alpha value is -0.550. The Morgan fingerprint density at radius 2 is 2.35 bits per heavy atom. The molecule has 0 spiro atoms. The van der Waals surface area contributed by atoms with Gasteiger partial charge in [-0.1, -0.05) is 13.8 Å². The van der Waals surface area contributed by atoms with Crippen LogP contribution in [-0.4, -0.2) is 38.9 Å². The predicted molar refractivity (Wildman–Crippen MR) is 72.3 cm³/mol. The van der Waals surface area contributed by atoms with Crippen molar-refractivity contribution < 1.29 is 0 Å². The lowest BCUT2D eigenvalue weighted by atomic mass is 9.99. The summed E-state index contributed by atoms with van der Waals surface area (Å²) >= 11 is 2.05. The molecule has 1 N–H and O–H groups in total. The highest BCUT2D eigenvalue weighted by Gasteiger charge is 2.28. The molecular weight excluding hydrogens is 232 g/mol. The van der Waals surface area contributed by atoms with Gasteiger partial charge in [-0.05, 0) is 24.6 Å². The maximum Gasteiger partial charge on any atom is 0.138 e. The Morgan fingerprint density at radius 1 is 1.47 bits per heavy atom. The molecule has 2 rings (SSSR count). The quantitative estimate of drug-likeness (QED) is 0.837. The first kappa shape index (κ1) is 12.9. The summed E-state index contributed by atoms with van der Waals surface area (Å²) in [5.74, 6) is 4.35. The summed E-state index contributed by atoms with van der Waals surface area (Å²) in [6, 6.07) is 0.650. The van der Waals surface area contributed by atoms with Gasteiger partial charge in [0.25, 0.3) is 0 Å². The normalized spacial score (nSPS) is 24.4. The van der Waals surface area contributed by atoms with Gasteiger partial charge in [-0.2, -0.15) is 16.9 Å². The summed E-state index contributed by atoms with van der Waals surface area (Å²) in [7, 11) is 0. The molecule has 5 heteroatoms. The fourth-order valence-corrected chi connectivity index (χ4v) is 3.80. The van der Waals surface area contributed by atoms with Crippen LogP contribution >= 0.6 is 11.8 Å². The summed E-state index contributed by atoms with van der Waals surface area (Å²) < 4.78 is 2.06. The molecule has 0 amide bonds. The number of aromatic nitrogens is 3. The van der Waals surface area contributed by atoms with E-state index in [2.05, 4.69) is 45.7 Å². The molecule has 1 aliphatic rings. The zero-order chi connectivity index (χ0) is 12.1. The molecule has 1 fully saturated rings. The van der Waals surface area contributed by atoms with Crippen molar-refractivity contribution >= 4 is 11.8 Å². The van der Waals surface area contributed by atoms with Crippen LogP contribution in [0.2, 0.25) is 0 Å². The zero-order valence-corrected chi connectivity index (χ0v) is 11.5. The van der Waals surface area contributed by atoms with E-state index in [-0.39, 0.29) is 0 Å². The van der Waals surface area contributed by atoms with Crippen LogP contribution in [0.3, 0.4) is 0 Å². The van der Waals surface area contributed by atoms with E-state index in [0.29, 0.717) is 12.0 Å². The average Bonchev–Trinajstić information content (AvgIpc) is 2.92. The van der Waals surface area contributed by atoms with Crippen LogP contribution in [0.5, 0.6) is 0 Å². The van der Waals surface area contributed by atoms with Gasteiger partial charge in [0.2, 0.25) is 0 Å². The molecule has 96 valence electrons. The van der Waals surface area contributed by atoms with E-state index in [9.17, 15) is 0 Å². The van der Waals surface area contributed by atoms with Gasteiger partial charge >= 0.3 is 0 Å². The highest BCUT2D eigenvalue weighted by molar-refractivity contribution is 7.99. The Bertz CT molecular complexity index is 339. The van der Waals surface area contributed by atoms with E-state index >= 15 is 0 Å². The highest BCUT2D eigenvalue weighted by atomic mass is 32.2. The molecule has 1 aromatic rings. The van der Waals surface area contributed by atoms with E-state index in [1.807, 2.05) is 0 Å². The second-order valence-electron chi connectivity index (χ2n) is 4.57. The van der Waals surface area contributed by atoms with Gasteiger partial charge in [0.1, 0.15) is 12.2 Å². The average molecular weight is 254 g/mol. The van der Waals surface area contributed by atoms with Crippen molar-refractivity contribution in [1.29, 1.82) is 0 Å². The van der Waals surface area contributed by atoms with Gasteiger partial charge in [0.05, 0.1) is 0 Å². The van der Waals surface area contributed by atoms with Gasteiger partial charge in [-0.25, -0.2) is 4.98 Å². The zero-order valence-electron chi connectivity index (χ0n) is 10.7. The minimum Gasteiger partial charge on any atom is -0.313 e. The van der Waals surface area contributed by atoms with Crippen molar-refractivity contribution in [2.24, 2.45) is 5.92 Å². The lowest BCUT2D eigenvalue weighted by Crippen LogP contribution is -2.36. The van der Waals surface area contributed by atoms with Crippen molar-refractivity contribution in [3.63, 3.8) is 0 Å². The van der Waals surface area contributed by atoms with Gasteiger partial charge in [-0.3, -0.25) is 4.68 Å². The first-order valence-electron chi connectivity index (χ1n) is 6.53. The van der Waals surface area contributed by atoms with E-state index in [1.165, 1.54) is 11.5 Å². The van der Waals surface area contributed by atoms with Gasteiger partial charge in [0, 0.05) is 24.8 Å². The number of rotatable bonds is 6. The Kier molecular flexibility index (Phi) is 4.86. The molecule has 2 atom stereocenters.